The van der Waals surface area contributed by atoms with Gasteiger partial charge in [-0.2, -0.15) is 0 Å². The number of ether oxygens (including phenoxy) is 1. The average Bonchev–Trinajstić information content (AvgIpc) is 2.93. The molecule has 0 saturated carbocycles. The van der Waals surface area contributed by atoms with Crippen LogP contribution in [0.5, 0.6) is 5.75 Å². The van der Waals surface area contributed by atoms with Crippen molar-refractivity contribution < 1.29 is 24.2 Å². The molecule has 0 aliphatic heterocycles. The van der Waals surface area contributed by atoms with E-state index in [2.05, 4.69) is 23.5 Å². The van der Waals surface area contributed by atoms with Crippen molar-refractivity contribution in [3.8, 4) is 18.1 Å². The Balaban J connectivity index is 2.63. The second-order valence-electron chi connectivity index (χ2n) is 12.1. The molecule has 228 valence electrons. The molecule has 2 rings (SSSR count). The van der Waals surface area contributed by atoms with Crippen LogP contribution in [0.1, 0.15) is 96.9 Å². The lowest BCUT2D eigenvalue weighted by Crippen LogP contribution is -2.59. The van der Waals surface area contributed by atoms with Gasteiger partial charge in [-0.25, -0.2) is 4.79 Å². The van der Waals surface area contributed by atoms with Gasteiger partial charge < -0.3 is 25.4 Å². The second kappa shape index (κ2) is 15.3. The maximum Gasteiger partial charge on any atom is 0.408 e. The van der Waals surface area contributed by atoms with Gasteiger partial charge >= 0.3 is 6.09 Å². The number of phenolic OH excluding ortho intramolecular Hbond substituents is 1. The fraction of sp³-hybridized carbons (Fsp3) is 0.500. The molecular formula is C34H47N3O5. The first-order chi connectivity index (χ1) is 19.7. The van der Waals surface area contributed by atoms with Crippen molar-refractivity contribution in [2.45, 2.75) is 104 Å². The summed E-state index contributed by atoms with van der Waals surface area (Å²) in [6, 6.07) is 11.4. The Bertz CT molecular complexity index is 1220. The molecule has 0 bridgehead atoms. The van der Waals surface area contributed by atoms with Crippen LogP contribution in [0, 0.1) is 12.3 Å². The molecule has 0 fully saturated rings. The van der Waals surface area contributed by atoms with Crippen LogP contribution in [0.15, 0.2) is 48.5 Å². The summed E-state index contributed by atoms with van der Waals surface area (Å²) in [5.74, 6) is 1.94. The zero-order chi connectivity index (χ0) is 31.5. The van der Waals surface area contributed by atoms with Crippen molar-refractivity contribution in [1.82, 2.24) is 15.5 Å². The standard InChI is InChI=1S/C34H47N3O5/c1-9-12-13-22-35-30(39)29(26-18-14-24(10-2)15-19-26)37(34(7,8)11-3)31(40)28(36-32(41)42-33(4,5)6)23-25-16-20-27(38)21-17-25/h2,14-21,28-29,38H,9,11-13,22-23H2,1,3-8H3,(H,35,39)(H,36,41). The number of carbonyl (C=O) groups excluding carboxylic acids is 3. The summed E-state index contributed by atoms with van der Waals surface area (Å²) in [7, 11) is 0. The average molecular weight is 578 g/mol. The molecule has 8 nitrogen and oxygen atoms in total. The van der Waals surface area contributed by atoms with Gasteiger partial charge in [0.15, 0.2) is 0 Å². The Morgan fingerprint density at radius 2 is 1.60 bits per heavy atom. The summed E-state index contributed by atoms with van der Waals surface area (Å²) in [6.07, 6.45) is 8.30. The molecule has 2 unspecified atom stereocenters. The number of hydrogen-bond donors (Lipinski definition) is 3. The van der Waals surface area contributed by atoms with Gasteiger partial charge in [-0.1, -0.05) is 56.9 Å². The summed E-state index contributed by atoms with van der Waals surface area (Å²) >= 11 is 0. The Morgan fingerprint density at radius 1 is 0.976 bits per heavy atom. The topological polar surface area (TPSA) is 108 Å². The number of nitrogens with one attached hydrogen (secondary N) is 2. The van der Waals surface area contributed by atoms with Crippen LogP contribution in [0.3, 0.4) is 0 Å². The number of rotatable bonds is 13. The van der Waals surface area contributed by atoms with Gasteiger partial charge in [-0.3, -0.25) is 9.59 Å². The van der Waals surface area contributed by atoms with E-state index in [1.807, 2.05) is 20.8 Å². The van der Waals surface area contributed by atoms with Crippen LogP contribution in [-0.2, 0) is 20.7 Å². The fourth-order valence-corrected chi connectivity index (χ4v) is 4.49. The highest BCUT2D eigenvalue weighted by molar-refractivity contribution is 5.93. The minimum atomic E-state index is -1.06. The molecule has 2 atom stereocenters. The summed E-state index contributed by atoms with van der Waals surface area (Å²) in [6.45, 7) is 13.6. The summed E-state index contributed by atoms with van der Waals surface area (Å²) in [5, 5.41) is 15.6. The molecule has 2 aromatic rings. The molecular weight excluding hydrogens is 530 g/mol. The van der Waals surface area contributed by atoms with E-state index in [-0.39, 0.29) is 18.1 Å². The highest BCUT2D eigenvalue weighted by Gasteiger charge is 2.43. The van der Waals surface area contributed by atoms with Crippen molar-refractivity contribution in [2.24, 2.45) is 0 Å². The Hall–Kier alpha value is -3.99. The van der Waals surface area contributed by atoms with E-state index in [0.717, 1.165) is 24.8 Å². The van der Waals surface area contributed by atoms with Gasteiger partial charge in [0.25, 0.3) is 0 Å². The quantitative estimate of drug-likeness (QED) is 0.204. The molecule has 3 amide bonds. The third-order valence-corrected chi connectivity index (χ3v) is 7.10. The number of benzene rings is 2. The van der Waals surface area contributed by atoms with Crippen LogP contribution in [-0.4, -0.2) is 51.6 Å². The van der Waals surface area contributed by atoms with Crippen molar-refractivity contribution in [1.29, 1.82) is 0 Å². The first-order valence-corrected chi connectivity index (χ1v) is 14.7. The van der Waals surface area contributed by atoms with E-state index in [9.17, 15) is 19.5 Å². The molecule has 0 spiro atoms. The van der Waals surface area contributed by atoms with Crippen molar-refractivity contribution in [3.63, 3.8) is 0 Å². The van der Waals surface area contributed by atoms with Crippen molar-refractivity contribution >= 4 is 17.9 Å². The van der Waals surface area contributed by atoms with Crippen LogP contribution in [0.25, 0.3) is 0 Å². The lowest BCUT2D eigenvalue weighted by molar-refractivity contribution is -0.149. The van der Waals surface area contributed by atoms with Gasteiger partial charge in [0.05, 0.1) is 0 Å². The molecule has 0 aliphatic rings. The minimum Gasteiger partial charge on any atom is -0.508 e. The molecule has 0 aromatic heterocycles. The number of amides is 3. The van der Waals surface area contributed by atoms with E-state index >= 15 is 0 Å². The maximum atomic E-state index is 14.6. The van der Waals surface area contributed by atoms with Gasteiger partial charge in [-0.05, 0) is 82.9 Å². The van der Waals surface area contributed by atoms with E-state index < -0.39 is 35.2 Å². The number of unbranched alkanes of at least 4 members (excludes halogenated alkanes) is 2. The van der Waals surface area contributed by atoms with Crippen LogP contribution in [0.4, 0.5) is 4.79 Å². The van der Waals surface area contributed by atoms with Crippen LogP contribution in [0.2, 0.25) is 0 Å². The SMILES string of the molecule is C#Cc1ccc(C(C(=O)NCCCCC)N(C(=O)C(Cc2ccc(O)cc2)NC(=O)OC(C)(C)C)C(C)(C)CC)cc1. The van der Waals surface area contributed by atoms with E-state index in [4.69, 9.17) is 11.2 Å². The minimum absolute atomic E-state index is 0.0886. The predicted molar refractivity (Wildman–Crippen MR) is 166 cm³/mol. The lowest BCUT2D eigenvalue weighted by atomic mass is 9.91. The summed E-state index contributed by atoms with van der Waals surface area (Å²) in [5.41, 5.74) is 0.423. The number of terminal acetylenes is 1. The first-order valence-electron chi connectivity index (χ1n) is 14.7. The summed E-state index contributed by atoms with van der Waals surface area (Å²) in [4.78, 5) is 43.1. The second-order valence-corrected chi connectivity index (χ2v) is 12.1. The molecule has 0 heterocycles. The number of alkyl carbamates (subject to hydrolysis) is 1. The van der Waals surface area contributed by atoms with Gasteiger partial charge in [0.2, 0.25) is 11.8 Å². The molecule has 0 radical (unpaired) electrons. The maximum absolute atomic E-state index is 14.6. The monoisotopic (exact) mass is 577 g/mol. The van der Waals surface area contributed by atoms with Crippen molar-refractivity contribution in [3.05, 3.63) is 65.2 Å². The molecule has 8 heteroatoms. The first kappa shape index (κ1) is 34.2. The molecule has 3 N–H and O–H groups in total. The van der Waals surface area contributed by atoms with Gasteiger partial charge in [0, 0.05) is 24.1 Å². The Kier molecular flexibility index (Phi) is 12.5. The normalized spacial score (nSPS) is 12.9. The molecule has 2 aromatic carbocycles. The van der Waals surface area contributed by atoms with E-state index in [1.54, 1.807) is 62.1 Å². The smallest absolute Gasteiger partial charge is 0.408 e. The largest absolute Gasteiger partial charge is 0.508 e. The number of phenols is 1. The summed E-state index contributed by atoms with van der Waals surface area (Å²) < 4.78 is 5.50. The fourth-order valence-electron chi connectivity index (χ4n) is 4.49. The number of aromatic hydroxyl groups is 1. The molecule has 42 heavy (non-hydrogen) atoms. The third kappa shape index (κ3) is 10.1. The predicted octanol–water partition coefficient (Wildman–Crippen LogP) is 5.87. The highest BCUT2D eigenvalue weighted by atomic mass is 16.6. The third-order valence-electron chi connectivity index (χ3n) is 7.10. The van der Waals surface area contributed by atoms with Crippen molar-refractivity contribution in [2.75, 3.05) is 6.54 Å². The zero-order valence-corrected chi connectivity index (χ0v) is 26.1. The number of nitrogens with zero attached hydrogens (tertiary/aromatic N) is 1. The van der Waals surface area contributed by atoms with E-state index in [0.29, 0.717) is 24.1 Å². The Labute approximate surface area is 251 Å². The van der Waals surface area contributed by atoms with Crippen LogP contribution < -0.4 is 10.6 Å². The van der Waals surface area contributed by atoms with E-state index in [1.165, 1.54) is 12.1 Å². The Morgan fingerprint density at radius 3 is 2.12 bits per heavy atom. The lowest BCUT2D eigenvalue weighted by Gasteiger charge is -2.44. The zero-order valence-electron chi connectivity index (χ0n) is 26.1. The van der Waals surface area contributed by atoms with Gasteiger partial charge in [0.1, 0.15) is 23.4 Å². The highest BCUT2D eigenvalue weighted by Crippen LogP contribution is 2.33. The molecule has 0 aliphatic carbocycles. The van der Waals surface area contributed by atoms with Crippen LogP contribution >= 0.6 is 0 Å². The number of hydrogen-bond acceptors (Lipinski definition) is 5. The number of carbonyl (C=O) groups is 3. The molecule has 0 saturated heterocycles. The van der Waals surface area contributed by atoms with Gasteiger partial charge in [-0.15, -0.1) is 6.42 Å².